The van der Waals surface area contributed by atoms with Gasteiger partial charge in [-0.05, 0) is 24.6 Å². The molecule has 5 amide bonds. The predicted molar refractivity (Wildman–Crippen MR) is 74.1 cm³/mol. The van der Waals surface area contributed by atoms with Gasteiger partial charge in [-0.3, -0.25) is 19.3 Å². The number of imide groups is 2. The van der Waals surface area contributed by atoms with Gasteiger partial charge in [-0.2, -0.15) is 0 Å². The lowest BCUT2D eigenvalue weighted by molar-refractivity contribution is -0.143. The summed E-state index contributed by atoms with van der Waals surface area (Å²) in [6.07, 6.45) is 0. The van der Waals surface area contributed by atoms with Gasteiger partial charge in [0, 0.05) is 18.4 Å². The maximum atomic E-state index is 11.8. The molecule has 1 aliphatic rings. The molecule has 8 heteroatoms. The highest BCUT2D eigenvalue weighted by molar-refractivity contribution is 6.44. The fourth-order valence-electron chi connectivity index (χ4n) is 1.82. The number of likely N-dealkylation sites (N-methyl/N-ethyl adjacent to an activating group) is 1. The summed E-state index contributed by atoms with van der Waals surface area (Å²) in [5, 5.41) is 2.51. The van der Waals surface area contributed by atoms with Crippen LogP contribution in [0.15, 0.2) is 18.2 Å². The Labute approximate surface area is 120 Å². The molecule has 1 aliphatic heterocycles. The minimum absolute atomic E-state index is 0.446. The summed E-state index contributed by atoms with van der Waals surface area (Å²) in [4.78, 5) is 47.6. The van der Waals surface area contributed by atoms with Gasteiger partial charge in [-0.25, -0.2) is 9.69 Å². The van der Waals surface area contributed by atoms with Crippen molar-refractivity contribution in [2.24, 2.45) is 0 Å². The second-order valence-corrected chi connectivity index (χ2v) is 4.66. The minimum atomic E-state index is -1.01. The van der Waals surface area contributed by atoms with Crippen LogP contribution >= 0.6 is 0 Å². The molecule has 0 bridgehead atoms. The average Bonchev–Trinajstić information content (AvgIpc) is 2.61. The zero-order valence-corrected chi connectivity index (χ0v) is 11.5. The number of carbonyl (C=O) groups excluding carboxylic acids is 4. The normalized spacial score (nSPS) is 14.9. The van der Waals surface area contributed by atoms with E-state index < -0.39 is 30.3 Å². The average molecular weight is 290 g/mol. The van der Waals surface area contributed by atoms with Gasteiger partial charge in [0.05, 0.1) is 0 Å². The molecule has 0 saturated carbocycles. The van der Waals surface area contributed by atoms with Gasteiger partial charge in [0.1, 0.15) is 6.54 Å². The van der Waals surface area contributed by atoms with Crippen LogP contribution in [0.1, 0.15) is 5.56 Å². The van der Waals surface area contributed by atoms with Crippen LogP contribution in [0.4, 0.5) is 16.2 Å². The second kappa shape index (κ2) is 5.23. The van der Waals surface area contributed by atoms with Gasteiger partial charge in [-0.15, -0.1) is 0 Å². The van der Waals surface area contributed by atoms with Crippen LogP contribution < -0.4 is 11.1 Å². The number of rotatable bonds is 3. The number of hydrogen-bond donors (Lipinski definition) is 2. The van der Waals surface area contributed by atoms with E-state index in [0.29, 0.717) is 21.2 Å². The van der Waals surface area contributed by atoms with E-state index in [-0.39, 0.29) is 0 Å². The molecule has 1 heterocycles. The molecule has 8 nitrogen and oxygen atoms in total. The second-order valence-electron chi connectivity index (χ2n) is 4.66. The highest BCUT2D eigenvalue weighted by Gasteiger charge is 2.42. The molecule has 110 valence electrons. The summed E-state index contributed by atoms with van der Waals surface area (Å²) in [7, 11) is 1.18. The Morgan fingerprint density at radius 2 is 1.90 bits per heavy atom. The number of nitrogens with two attached hydrogens (primary N) is 1. The Bertz CT molecular complexity index is 656. The van der Waals surface area contributed by atoms with Crippen LogP contribution in [0.25, 0.3) is 0 Å². The first-order chi connectivity index (χ1) is 9.81. The molecule has 1 aromatic rings. The topological polar surface area (TPSA) is 113 Å². The molecule has 21 heavy (non-hydrogen) atoms. The van der Waals surface area contributed by atoms with Gasteiger partial charge in [-0.1, -0.05) is 6.07 Å². The van der Waals surface area contributed by atoms with Crippen LogP contribution in [0.2, 0.25) is 0 Å². The Hall–Kier alpha value is -2.90. The quantitative estimate of drug-likeness (QED) is 0.460. The van der Waals surface area contributed by atoms with Crippen LogP contribution in [-0.2, 0) is 14.4 Å². The molecule has 0 spiro atoms. The van der Waals surface area contributed by atoms with Crippen molar-refractivity contribution in [1.29, 1.82) is 0 Å². The van der Waals surface area contributed by atoms with E-state index in [1.807, 2.05) is 6.92 Å². The molecular formula is C13H14N4O4. The van der Waals surface area contributed by atoms with Gasteiger partial charge >= 0.3 is 17.8 Å². The van der Waals surface area contributed by atoms with Crippen molar-refractivity contribution < 1.29 is 19.2 Å². The van der Waals surface area contributed by atoms with E-state index in [1.165, 1.54) is 7.05 Å². The number of benzene rings is 1. The van der Waals surface area contributed by atoms with Gasteiger partial charge in [0.2, 0.25) is 5.91 Å². The van der Waals surface area contributed by atoms with E-state index >= 15 is 0 Å². The first kappa shape index (κ1) is 14.5. The molecule has 1 saturated heterocycles. The van der Waals surface area contributed by atoms with Gasteiger partial charge in [0.15, 0.2) is 0 Å². The van der Waals surface area contributed by atoms with E-state index in [9.17, 15) is 19.2 Å². The highest BCUT2D eigenvalue weighted by atomic mass is 16.2. The molecule has 0 atom stereocenters. The summed E-state index contributed by atoms with van der Waals surface area (Å²) >= 11 is 0. The zero-order valence-electron chi connectivity index (χ0n) is 11.5. The van der Waals surface area contributed by atoms with Gasteiger partial charge in [0.25, 0.3) is 0 Å². The zero-order chi connectivity index (χ0) is 15.7. The van der Waals surface area contributed by atoms with Crippen molar-refractivity contribution in [2.75, 3.05) is 24.6 Å². The smallest absolute Gasteiger partial charge is 0.334 e. The summed E-state index contributed by atoms with van der Waals surface area (Å²) in [5.74, 6) is -2.56. The maximum Gasteiger partial charge on any atom is 0.334 e. The fraction of sp³-hybridized carbons (Fsp3) is 0.231. The van der Waals surface area contributed by atoms with Crippen LogP contribution in [0.3, 0.4) is 0 Å². The molecule has 3 N–H and O–H groups in total. The lowest BCUT2D eigenvalue weighted by Gasteiger charge is -2.13. The number of hydrogen-bond acceptors (Lipinski definition) is 5. The number of nitrogens with zero attached hydrogens (tertiary/aromatic N) is 2. The summed E-state index contributed by atoms with van der Waals surface area (Å²) in [5.41, 5.74) is 7.54. The third kappa shape index (κ3) is 2.69. The molecule has 1 aromatic carbocycles. The third-order valence-electron chi connectivity index (χ3n) is 3.12. The standard InChI is InChI=1S/C13H14N4O4/c1-7-3-4-8(5-9(7)14)15-10(18)6-17-12(20)11(19)16(2)13(17)21/h3-5H,6,14H2,1-2H3,(H,15,18). The predicted octanol–water partition coefficient (Wildman–Crippen LogP) is -0.0637. The largest absolute Gasteiger partial charge is 0.398 e. The van der Waals surface area contributed by atoms with Crippen molar-refractivity contribution in [1.82, 2.24) is 9.80 Å². The summed E-state index contributed by atoms with van der Waals surface area (Å²) in [6, 6.07) is 4.13. The van der Waals surface area contributed by atoms with E-state index in [0.717, 1.165) is 5.56 Å². The molecule has 0 radical (unpaired) electrons. The number of urea groups is 1. The van der Waals surface area contributed by atoms with Crippen LogP contribution in [0, 0.1) is 6.92 Å². The van der Waals surface area contributed by atoms with Crippen molar-refractivity contribution in [3.8, 4) is 0 Å². The Balaban J connectivity index is 2.05. The lowest BCUT2D eigenvalue weighted by atomic mass is 10.2. The van der Waals surface area contributed by atoms with Crippen molar-refractivity contribution in [3.05, 3.63) is 23.8 Å². The number of aryl methyl sites for hydroxylation is 1. The van der Waals surface area contributed by atoms with E-state index in [1.54, 1.807) is 18.2 Å². The Morgan fingerprint density at radius 3 is 2.43 bits per heavy atom. The van der Waals surface area contributed by atoms with Crippen molar-refractivity contribution >= 4 is 35.1 Å². The first-order valence-corrected chi connectivity index (χ1v) is 6.10. The van der Waals surface area contributed by atoms with Gasteiger partial charge < -0.3 is 11.1 Å². The summed E-state index contributed by atoms with van der Waals surface area (Å²) < 4.78 is 0. The third-order valence-corrected chi connectivity index (χ3v) is 3.12. The Morgan fingerprint density at radius 1 is 1.24 bits per heavy atom. The maximum absolute atomic E-state index is 11.8. The highest BCUT2D eigenvalue weighted by Crippen LogP contribution is 2.17. The van der Waals surface area contributed by atoms with E-state index in [4.69, 9.17) is 5.73 Å². The van der Waals surface area contributed by atoms with Crippen molar-refractivity contribution in [3.63, 3.8) is 0 Å². The van der Waals surface area contributed by atoms with Crippen LogP contribution in [0.5, 0.6) is 0 Å². The monoisotopic (exact) mass is 290 g/mol. The fourth-order valence-corrected chi connectivity index (χ4v) is 1.82. The van der Waals surface area contributed by atoms with E-state index in [2.05, 4.69) is 5.32 Å². The lowest BCUT2D eigenvalue weighted by Crippen LogP contribution is -2.38. The molecule has 0 aromatic heterocycles. The first-order valence-electron chi connectivity index (χ1n) is 6.10. The number of carbonyl (C=O) groups is 4. The SMILES string of the molecule is Cc1ccc(NC(=O)CN2C(=O)C(=O)N(C)C2=O)cc1N. The molecular weight excluding hydrogens is 276 g/mol. The van der Waals surface area contributed by atoms with Crippen LogP contribution in [-0.4, -0.2) is 47.1 Å². The van der Waals surface area contributed by atoms with Crippen molar-refractivity contribution in [2.45, 2.75) is 6.92 Å². The molecule has 0 unspecified atom stereocenters. The number of nitrogens with one attached hydrogen (secondary N) is 1. The molecule has 1 fully saturated rings. The molecule has 0 aliphatic carbocycles. The number of anilines is 2. The minimum Gasteiger partial charge on any atom is -0.398 e. The Kier molecular flexibility index (Phi) is 3.62. The summed E-state index contributed by atoms with van der Waals surface area (Å²) in [6.45, 7) is 1.30. The molecule has 2 rings (SSSR count). The number of amides is 5. The number of nitrogen functional groups attached to an aromatic ring is 1.